The molecule has 1 aromatic heterocycles. The molecule has 0 saturated carbocycles. The summed E-state index contributed by atoms with van der Waals surface area (Å²) >= 11 is 0. The van der Waals surface area contributed by atoms with Gasteiger partial charge in [-0.25, -0.2) is 0 Å². The first-order valence-corrected chi connectivity index (χ1v) is 5.04. The Balaban J connectivity index is 2.53. The SMILES string of the molecule is Cn1c2c(c3ccccc31)C=C=CC=C2. The standard InChI is InChI=1S/C14H11N/c1-15-13-9-4-2-3-7-11(13)12-8-5-6-10-14(12)15/h2,4-10H,1H3. The summed E-state index contributed by atoms with van der Waals surface area (Å²) in [6.45, 7) is 0. The van der Waals surface area contributed by atoms with Gasteiger partial charge in [0.15, 0.2) is 0 Å². The van der Waals surface area contributed by atoms with Crippen LogP contribution in [0.15, 0.2) is 42.1 Å². The number of hydrogen-bond donors (Lipinski definition) is 0. The molecule has 0 spiro atoms. The van der Waals surface area contributed by atoms with E-state index in [9.17, 15) is 0 Å². The maximum absolute atomic E-state index is 3.16. The van der Waals surface area contributed by atoms with Crippen molar-refractivity contribution in [2.24, 2.45) is 7.05 Å². The van der Waals surface area contributed by atoms with Crippen LogP contribution >= 0.6 is 0 Å². The second-order valence-corrected chi connectivity index (χ2v) is 3.71. The zero-order chi connectivity index (χ0) is 10.3. The van der Waals surface area contributed by atoms with Crippen molar-refractivity contribution in [3.8, 4) is 0 Å². The van der Waals surface area contributed by atoms with E-state index in [1.165, 1.54) is 22.2 Å². The van der Waals surface area contributed by atoms with E-state index in [0.717, 1.165) is 0 Å². The Morgan fingerprint density at radius 2 is 2.07 bits per heavy atom. The minimum absolute atomic E-state index is 1.25. The highest BCUT2D eigenvalue weighted by Gasteiger charge is 2.10. The van der Waals surface area contributed by atoms with Crippen LogP contribution in [-0.4, -0.2) is 4.57 Å². The summed E-state index contributed by atoms with van der Waals surface area (Å²) in [6.07, 6.45) is 8.15. The van der Waals surface area contributed by atoms with Crippen molar-refractivity contribution in [3.63, 3.8) is 0 Å². The summed E-state index contributed by atoms with van der Waals surface area (Å²) in [5.41, 5.74) is 6.94. The van der Waals surface area contributed by atoms with Gasteiger partial charge in [0, 0.05) is 29.2 Å². The van der Waals surface area contributed by atoms with Crippen LogP contribution in [0.5, 0.6) is 0 Å². The van der Waals surface area contributed by atoms with Gasteiger partial charge in [-0.1, -0.05) is 24.3 Å². The fourth-order valence-electron chi connectivity index (χ4n) is 2.12. The van der Waals surface area contributed by atoms with Crippen LogP contribution in [0.1, 0.15) is 11.3 Å². The van der Waals surface area contributed by atoms with Crippen molar-refractivity contribution in [1.29, 1.82) is 0 Å². The van der Waals surface area contributed by atoms with Crippen molar-refractivity contribution in [2.75, 3.05) is 0 Å². The monoisotopic (exact) mass is 193 g/mol. The first-order chi connectivity index (χ1) is 7.38. The van der Waals surface area contributed by atoms with Gasteiger partial charge in [0.2, 0.25) is 0 Å². The Labute approximate surface area is 88.6 Å². The number of hydrogen-bond acceptors (Lipinski definition) is 0. The van der Waals surface area contributed by atoms with Crippen molar-refractivity contribution in [2.45, 2.75) is 0 Å². The fourth-order valence-corrected chi connectivity index (χ4v) is 2.12. The molecular weight excluding hydrogens is 182 g/mol. The largest absolute Gasteiger partial charge is 0.344 e. The minimum atomic E-state index is 1.25. The van der Waals surface area contributed by atoms with Crippen molar-refractivity contribution >= 4 is 23.1 Å². The normalized spacial score (nSPS) is 13.1. The van der Waals surface area contributed by atoms with Crippen LogP contribution in [-0.2, 0) is 7.05 Å². The van der Waals surface area contributed by atoms with Crippen LogP contribution < -0.4 is 0 Å². The van der Waals surface area contributed by atoms with E-state index in [1.807, 2.05) is 12.2 Å². The molecule has 1 aliphatic carbocycles. The van der Waals surface area contributed by atoms with Crippen molar-refractivity contribution in [1.82, 2.24) is 4.57 Å². The predicted octanol–water partition coefficient (Wildman–Crippen LogP) is 3.37. The lowest BCUT2D eigenvalue weighted by Crippen LogP contribution is -1.90. The van der Waals surface area contributed by atoms with E-state index in [1.54, 1.807) is 0 Å². The van der Waals surface area contributed by atoms with Gasteiger partial charge in [-0.05, 0) is 24.3 Å². The lowest BCUT2D eigenvalue weighted by molar-refractivity contribution is 0.953. The van der Waals surface area contributed by atoms with Crippen molar-refractivity contribution < 1.29 is 0 Å². The second kappa shape index (κ2) is 3.01. The molecule has 0 bridgehead atoms. The molecule has 0 radical (unpaired) electrons. The molecule has 0 amide bonds. The molecule has 0 saturated heterocycles. The molecule has 1 aromatic carbocycles. The van der Waals surface area contributed by atoms with Crippen molar-refractivity contribution in [3.05, 3.63) is 53.4 Å². The molecule has 3 rings (SSSR count). The number of allylic oxidation sites excluding steroid dienone is 2. The van der Waals surface area contributed by atoms with E-state index in [0.29, 0.717) is 0 Å². The highest BCUT2D eigenvalue weighted by Crippen LogP contribution is 2.27. The molecule has 0 fully saturated rings. The van der Waals surface area contributed by atoms with Crippen LogP contribution in [0, 0.1) is 0 Å². The predicted molar refractivity (Wildman–Crippen MR) is 64.5 cm³/mol. The summed E-state index contributed by atoms with van der Waals surface area (Å²) in [5, 5.41) is 1.29. The Kier molecular flexibility index (Phi) is 1.67. The van der Waals surface area contributed by atoms with Crippen LogP contribution in [0.3, 0.4) is 0 Å². The number of rotatable bonds is 0. The lowest BCUT2D eigenvalue weighted by Gasteiger charge is -1.98. The van der Waals surface area contributed by atoms with Gasteiger partial charge < -0.3 is 4.57 Å². The Bertz CT molecular complexity index is 620. The number of fused-ring (bicyclic) bond motifs is 3. The second-order valence-electron chi connectivity index (χ2n) is 3.71. The third-order valence-electron chi connectivity index (χ3n) is 2.87. The molecular formula is C14H11N. The smallest absolute Gasteiger partial charge is 0.0495 e. The number of aryl methyl sites for hydroxylation is 1. The molecule has 15 heavy (non-hydrogen) atoms. The summed E-state index contributed by atoms with van der Waals surface area (Å²) < 4.78 is 2.22. The van der Waals surface area contributed by atoms with Crippen LogP contribution in [0.4, 0.5) is 0 Å². The fraction of sp³-hybridized carbons (Fsp3) is 0.0714. The lowest BCUT2D eigenvalue weighted by atomic mass is 10.1. The summed E-state index contributed by atoms with van der Waals surface area (Å²) in [5.74, 6) is 0. The zero-order valence-corrected chi connectivity index (χ0v) is 8.57. The van der Waals surface area contributed by atoms with Gasteiger partial charge >= 0.3 is 0 Å². The van der Waals surface area contributed by atoms with Crippen LogP contribution in [0.25, 0.3) is 23.1 Å². The Hall–Kier alpha value is -1.98. The van der Waals surface area contributed by atoms with Crippen LogP contribution in [0.2, 0.25) is 0 Å². The number of aromatic nitrogens is 1. The van der Waals surface area contributed by atoms with E-state index in [4.69, 9.17) is 0 Å². The maximum Gasteiger partial charge on any atom is 0.0495 e. The van der Waals surface area contributed by atoms with Gasteiger partial charge in [0.05, 0.1) is 0 Å². The molecule has 0 atom stereocenters. The highest BCUT2D eigenvalue weighted by molar-refractivity contribution is 5.94. The first-order valence-electron chi connectivity index (χ1n) is 5.04. The molecule has 1 heteroatoms. The van der Waals surface area contributed by atoms with Gasteiger partial charge in [0.25, 0.3) is 0 Å². The third kappa shape index (κ3) is 1.11. The maximum atomic E-state index is 3.16. The molecule has 2 aromatic rings. The Morgan fingerprint density at radius 1 is 1.20 bits per heavy atom. The van der Waals surface area contributed by atoms with E-state index in [2.05, 4.69) is 53.8 Å². The molecule has 0 aliphatic heterocycles. The molecule has 1 heterocycles. The topological polar surface area (TPSA) is 4.93 Å². The quantitative estimate of drug-likeness (QED) is 0.565. The van der Waals surface area contributed by atoms with E-state index >= 15 is 0 Å². The summed E-state index contributed by atoms with van der Waals surface area (Å²) in [7, 11) is 2.10. The van der Waals surface area contributed by atoms with E-state index < -0.39 is 0 Å². The van der Waals surface area contributed by atoms with Gasteiger partial charge in [-0.15, -0.1) is 5.73 Å². The average molecular weight is 193 g/mol. The number of nitrogens with zero attached hydrogens (tertiary/aromatic N) is 1. The summed E-state index contributed by atoms with van der Waals surface area (Å²) in [6, 6.07) is 8.46. The molecule has 1 nitrogen and oxygen atoms in total. The molecule has 0 N–H and O–H groups in total. The Morgan fingerprint density at radius 3 is 3.00 bits per heavy atom. The zero-order valence-electron chi connectivity index (χ0n) is 8.57. The molecule has 0 unspecified atom stereocenters. The highest BCUT2D eigenvalue weighted by atomic mass is 14.9. The number of para-hydroxylation sites is 1. The average Bonchev–Trinajstić information content (AvgIpc) is 2.48. The third-order valence-corrected chi connectivity index (χ3v) is 2.87. The molecule has 72 valence electrons. The van der Waals surface area contributed by atoms with Gasteiger partial charge in [0.1, 0.15) is 0 Å². The van der Waals surface area contributed by atoms with Gasteiger partial charge in [-0.3, -0.25) is 0 Å². The first kappa shape index (κ1) is 8.34. The minimum Gasteiger partial charge on any atom is -0.344 e. The molecule has 1 aliphatic rings. The van der Waals surface area contributed by atoms with E-state index in [-0.39, 0.29) is 0 Å². The van der Waals surface area contributed by atoms with Gasteiger partial charge in [-0.2, -0.15) is 0 Å². The number of benzene rings is 1. The summed E-state index contributed by atoms with van der Waals surface area (Å²) in [4.78, 5) is 0.